The summed E-state index contributed by atoms with van der Waals surface area (Å²) >= 11 is 5.50. The van der Waals surface area contributed by atoms with Crippen LogP contribution in [0.15, 0.2) is 49.6 Å². The van der Waals surface area contributed by atoms with E-state index >= 15 is 0 Å². The quantitative estimate of drug-likeness (QED) is 0.171. The number of unbranched alkanes of at least 4 members (excludes halogenated alkanes) is 2. The fourth-order valence-corrected chi connectivity index (χ4v) is 10.7. The number of fused-ring (bicyclic) bond motifs is 1. The van der Waals surface area contributed by atoms with Crippen molar-refractivity contribution in [1.82, 2.24) is 9.80 Å². The van der Waals surface area contributed by atoms with Gasteiger partial charge in [0.2, 0.25) is 11.8 Å². The third-order valence-corrected chi connectivity index (χ3v) is 12.2. The van der Waals surface area contributed by atoms with Crippen molar-refractivity contribution in [2.75, 3.05) is 56.2 Å². The van der Waals surface area contributed by atoms with Crippen molar-refractivity contribution in [3.63, 3.8) is 0 Å². The average Bonchev–Trinajstić information content (AvgIpc) is 3.57. The Bertz CT molecular complexity index is 1160. The van der Waals surface area contributed by atoms with E-state index < -0.39 is 22.6 Å². The summed E-state index contributed by atoms with van der Waals surface area (Å²) in [6.07, 6.45) is 6.12. The Kier molecular flexibility index (Phi) is 10.9. The van der Waals surface area contributed by atoms with Crippen LogP contribution in [-0.4, -0.2) is 99.9 Å². The van der Waals surface area contributed by atoms with Crippen molar-refractivity contribution in [3.8, 4) is 0 Å². The first-order chi connectivity index (χ1) is 20.2. The second-order valence-electron chi connectivity index (χ2n) is 11.4. The van der Waals surface area contributed by atoms with Crippen LogP contribution in [0.2, 0.25) is 0 Å². The molecule has 3 aliphatic heterocycles. The van der Waals surface area contributed by atoms with Gasteiger partial charge < -0.3 is 24.7 Å². The number of rotatable bonds is 15. The number of alkyl halides is 1. The third kappa shape index (κ3) is 5.78. The zero-order valence-corrected chi connectivity index (χ0v) is 27.5. The number of carbonyl (C=O) groups is 3. The smallest absolute Gasteiger partial charge is 0.251 e. The number of nitrogens with zero attached hydrogens (tertiary/aromatic N) is 4. The molecule has 3 unspecified atom stereocenters. The molecular formula is C32H45BrN4O4S. The highest BCUT2D eigenvalue weighted by Gasteiger charge is 2.75. The molecule has 2 bridgehead atoms. The van der Waals surface area contributed by atoms with E-state index in [1.807, 2.05) is 24.3 Å². The van der Waals surface area contributed by atoms with Crippen LogP contribution in [0, 0.1) is 11.8 Å². The van der Waals surface area contributed by atoms with E-state index in [0.717, 1.165) is 30.9 Å². The lowest BCUT2D eigenvalue weighted by Gasteiger charge is -2.38. The highest BCUT2D eigenvalue weighted by Crippen LogP contribution is 2.68. The fourth-order valence-electron chi connectivity index (χ4n) is 7.07. The molecule has 1 spiro atoms. The molecule has 0 radical (unpaired) electrons. The van der Waals surface area contributed by atoms with Gasteiger partial charge in [-0.2, -0.15) is 0 Å². The monoisotopic (exact) mass is 660 g/mol. The molecule has 0 saturated carbocycles. The van der Waals surface area contributed by atoms with E-state index in [2.05, 4.69) is 47.8 Å². The molecule has 10 heteroatoms. The molecule has 8 nitrogen and oxygen atoms in total. The largest absolute Gasteiger partial charge is 0.396 e. The Morgan fingerprint density at radius 1 is 1.07 bits per heavy atom. The lowest BCUT2D eigenvalue weighted by molar-refractivity contribution is -0.143. The van der Waals surface area contributed by atoms with Gasteiger partial charge >= 0.3 is 0 Å². The van der Waals surface area contributed by atoms with E-state index in [1.54, 1.807) is 45.7 Å². The predicted molar refractivity (Wildman–Crippen MR) is 175 cm³/mol. The van der Waals surface area contributed by atoms with Crippen LogP contribution in [0.3, 0.4) is 0 Å². The number of carbonyl (C=O) groups excluding carboxylic acids is 3. The number of aliphatic hydroxyl groups is 1. The van der Waals surface area contributed by atoms with Crippen LogP contribution in [0.5, 0.6) is 0 Å². The fraction of sp³-hybridized carbons (Fsp3) is 0.594. The number of anilines is 2. The van der Waals surface area contributed by atoms with Gasteiger partial charge in [-0.15, -0.1) is 24.9 Å². The minimum Gasteiger partial charge on any atom is -0.396 e. The molecule has 1 aromatic carbocycles. The summed E-state index contributed by atoms with van der Waals surface area (Å²) < 4.78 is -0.708. The molecule has 4 rings (SSSR count). The maximum absolute atomic E-state index is 14.8. The molecular weight excluding hydrogens is 616 g/mol. The Morgan fingerprint density at radius 2 is 1.71 bits per heavy atom. The first kappa shape index (κ1) is 32.6. The maximum Gasteiger partial charge on any atom is 0.251 e. The normalized spacial score (nSPS) is 27.6. The van der Waals surface area contributed by atoms with Crippen molar-refractivity contribution >= 4 is 56.8 Å². The van der Waals surface area contributed by atoms with Gasteiger partial charge in [-0.25, -0.2) is 0 Å². The number of hydrogen-bond acceptors (Lipinski definition) is 6. The number of thioether (sulfide) groups is 1. The SMILES string of the molecule is C=CCN(C)C(=O)[C@H]1[C@@H]2SC3(CC2Br)C(C(=O)N(CC=C)c2ccc(N(CC)CC)cc2)N(CCCCCO)C(=O)[C@H]13. The van der Waals surface area contributed by atoms with Crippen molar-refractivity contribution in [1.29, 1.82) is 0 Å². The average molecular weight is 662 g/mol. The number of halogens is 1. The molecule has 3 amide bonds. The molecule has 230 valence electrons. The summed E-state index contributed by atoms with van der Waals surface area (Å²) in [6.45, 7) is 14.9. The van der Waals surface area contributed by atoms with Crippen molar-refractivity contribution in [2.24, 2.45) is 11.8 Å². The lowest BCUT2D eigenvalue weighted by Crippen LogP contribution is -2.56. The van der Waals surface area contributed by atoms with Crippen molar-refractivity contribution in [2.45, 2.75) is 60.4 Å². The number of benzene rings is 1. The summed E-state index contributed by atoms with van der Waals surface area (Å²) in [5, 5.41) is 9.23. The minimum atomic E-state index is -0.708. The zero-order chi connectivity index (χ0) is 30.6. The number of hydrogen-bond donors (Lipinski definition) is 1. The number of likely N-dealkylation sites (N-methyl/N-ethyl adjacent to an activating group) is 1. The Labute approximate surface area is 263 Å². The molecule has 1 N–H and O–H groups in total. The van der Waals surface area contributed by atoms with Crippen molar-refractivity contribution < 1.29 is 19.5 Å². The van der Waals surface area contributed by atoms with Gasteiger partial charge in [-0.1, -0.05) is 28.1 Å². The molecule has 6 atom stereocenters. The Hall–Kier alpha value is -2.30. The van der Waals surface area contributed by atoms with E-state index in [4.69, 9.17) is 0 Å². The van der Waals surface area contributed by atoms with Crippen LogP contribution in [0.4, 0.5) is 11.4 Å². The van der Waals surface area contributed by atoms with Crippen LogP contribution < -0.4 is 9.80 Å². The van der Waals surface area contributed by atoms with Gasteiger partial charge in [0.25, 0.3) is 5.91 Å². The summed E-state index contributed by atoms with van der Waals surface area (Å²) in [4.78, 5) is 50.2. The van der Waals surface area contributed by atoms with E-state index in [9.17, 15) is 19.5 Å². The Morgan fingerprint density at radius 3 is 2.31 bits per heavy atom. The topological polar surface area (TPSA) is 84.4 Å². The summed E-state index contributed by atoms with van der Waals surface area (Å²) in [5.41, 5.74) is 1.85. The van der Waals surface area contributed by atoms with Crippen molar-refractivity contribution in [3.05, 3.63) is 49.6 Å². The third-order valence-electron chi connectivity index (χ3n) is 9.01. The maximum atomic E-state index is 14.8. The second kappa shape index (κ2) is 14.0. The number of amides is 3. The zero-order valence-electron chi connectivity index (χ0n) is 25.1. The van der Waals surface area contributed by atoms with Crippen LogP contribution in [-0.2, 0) is 14.4 Å². The first-order valence-corrected chi connectivity index (χ1v) is 16.9. The first-order valence-electron chi connectivity index (χ1n) is 15.1. The minimum absolute atomic E-state index is 0.0171. The summed E-state index contributed by atoms with van der Waals surface area (Å²) in [6, 6.07) is 7.30. The number of aliphatic hydroxyl groups excluding tert-OH is 1. The number of likely N-dealkylation sites (tertiary alicyclic amines) is 1. The summed E-state index contributed by atoms with van der Waals surface area (Å²) in [7, 11) is 1.75. The van der Waals surface area contributed by atoms with Gasteiger partial charge in [0.15, 0.2) is 0 Å². The van der Waals surface area contributed by atoms with Gasteiger partial charge in [0.1, 0.15) is 6.04 Å². The molecule has 3 aliphatic rings. The molecule has 3 saturated heterocycles. The van der Waals surface area contributed by atoms with Crippen LogP contribution >= 0.6 is 27.7 Å². The standard InChI is InChI=1S/C32H45BrN4O4S/c1-6-17-34(5)29(39)25-26-30(40)37(19-11-10-12-20-38)28(32(26)21-24(33)27(25)42-32)31(41)36(18-7-2)23-15-13-22(14-16-23)35(8-3)9-4/h6-7,13-16,24-28,38H,1-2,8-12,17-21H2,3-5H3/t24?,25-,26+,27-,28?,32?/m1/s1. The van der Waals surface area contributed by atoms with Crippen LogP contribution in [0.1, 0.15) is 39.5 Å². The van der Waals surface area contributed by atoms with Crippen LogP contribution in [0.25, 0.3) is 0 Å². The van der Waals surface area contributed by atoms with E-state index in [-0.39, 0.29) is 34.4 Å². The summed E-state index contributed by atoms with van der Waals surface area (Å²) in [5.74, 6) is -1.38. The van der Waals surface area contributed by atoms with Gasteiger partial charge in [0, 0.05) is 67.8 Å². The highest BCUT2D eigenvalue weighted by molar-refractivity contribution is 9.09. The molecule has 3 heterocycles. The lowest BCUT2D eigenvalue weighted by atomic mass is 9.70. The van der Waals surface area contributed by atoms with Gasteiger partial charge in [-0.3, -0.25) is 14.4 Å². The molecule has 3 fully saturated rings. The highest BCUT2D eigenvalue weighted by atomic mass is 79.9. The molecule has 0 aliphatic carbocycles. The van der Waals surface area contributed by atoms with Gasteiger partial charge in [0.05, 0.1) is 16.6 Å². The molecule has 1 aromatic rings. The second-order valence-corrected chi connectivity index (χ2v) is 14.1. The van der Waals surface area contributed by atoms with E-state index in [0.29, 0.717) is 38.9 Å². The predicted octanol–water partition coefficient (Wildman–Crippen LogP) is 4.32. The molecule has 42 heavy (non-hydrogen) atoms. The Balaban J connectivity index is 1.74. The molecule has 0 aromatic heterocycles. The van der Waals surface area contributed by atoms with E-state index in [1.165, 1.54) is 0 Å². The van der Waals surface area contributed by atoms with Gasteiger partial charge in [-0.05, 0) is 63.8 Å².